The van der Waals surface area contributed by atoms with Gasteiger partial charge in [0, 0.05) is 35.4 Å². The van der Waals surface area contributed by atoms with Gasteiger partial charge in [-0.3, -0.25) is 9.00 Å². The molecule has 0 aromatic carbocycles. The van der Waals surface area contributed by atoms with Crippen LogP contribution >= 0.6 is 0 Å². The van der Waals surface area contributed by atoms with Crippen LogP contribution in [0.1, 0.15) is 19.8 Å². The molecule has 88 valence electrons. The summed E-state index contributed by atoms with van der Waals surface area (Å²) in [6, 6.07) is 0. The third-order valence-electron chi connectivity index (χ3n) is 2.62. The molecular formula is C10H20N2O2S. The number of amides is 1. The maximum atomic E-state index is 11.6. The molecule has 1 heterocycles. The van der Waals surface area contributed by atoms with Crippen LogP contribution in [0.2, 0.25) is 0 Å². The molecule has 15 heavy (non-hydrogen) atoms. The van der Waals surface area contributed by atoms with E-state index >= 15 is 0 Å². The second-order valence-electron chi connectivity index (χ2n) is 3.77. The van der Waals surface area contributed by atoms with Gasteiger partial charge in [-0.25, -0.2) is 0 Å². The third-order valence-corrected chi connectivity index (χ3v) is 3.92. The quantitative estimate of drug-likeness (QED) is 0.694. The van der Waals surface area contributed by atoms with Crippen LogP contribution < -0.4 is 10.6 Å². The topological polar surface area (TPSA) is 58.2 Å². The minimum Gasteiger partial charge on any atom is -0.355 e. The fourth-order valence-corrected chi connectivity index (χ4v) is 2.27. The molecule has 0 aromatic heterocycles. The molecule has 1 fully saturated rings. The first-order valence-electron chi connectivity index (χ1n) is 5.57. The molecule has 2 N–H and O–H groups in total. The number of hydrogen-bond acceptors (Lipinski definition) is 3. The SMILES string of the molecule is CCS(=O)CCNC(=O)[C@@H]1CCCNC1. The summed E-state index contributed by atoms with van der Waals surface area (Å²) in [5, 5.41) is 6.05. The Hall–Kier alpha value is -0.420. The van der Waals surface area contributed by atoms with E-state index in [-0.39, 0.29) is 11.8 Å². The van der Waals surface area contributed by atoms with Crippen LogP contribution in [0.5, 0.6) is 0 Å². The van der Waals surface area contributed by atoms with Crippen LogP contribution in [0.15, 0.2) is 0 Å². The van der Waals surface area contributed by atoms with Crippen LogP contribution in [0.25, 0.3) is 0 Å². The Morgan fingerprint density at radius 1 is 1.60 bits per heavy atom. The fraction of sp³-hybridized carbons (Fsp3) is 0.900. The number of rotatable bonds is 5. The van der Waals surface area contributed by atoms with Crippen LogP contribution in [0, 0.1) is 5.92 Å². The Bertz CT molecular complexity index is 227. The molecule has 1 saturated heterocycles. The van der Waals surface area contributed by atoms with Crippen LogP contribution in [0.4, 0.5) is 0 Å². The van der Waals surface area contributed by atoms with Gasteiger partial charge in [0.25, 0.3) is 0 Å². The maximum Gasteiger partial charge on any atom is 0.224 e. The smallest absolute Gasteiger partial charge is 0.224 e. The normalized spacial score (nSPS) is 23.4. The molecule has 0 bridgehead atoms. The summed E-state index contributed by atoms with van der Waals surface area (Å²) in [5.41, 5.74) is 0. The Morgan fingerprint density at radius 3 is 3.00 bits per heavy atom. The summed E-state index contributed by atoms with van der Waals surface area (Å²) in [6.07, 6.45) is 2.04. The Morgan fingerprint density at radius 2 is 2.40 bits per heavy atom. The molecule has 0 radical (unpaired) electrons. The van der Waals surface area contributed by atoms with Crippen molar-refractivity contribution in [3.8, 4) is 0 Å². The molecule has 0 aromatic rings. The molecule has 1 unspecified atom stereocenters. The monoisotopic (exact) mass is 232 g/mol. The summed E-state index contributed by atoms with van der Waals surface area (Å²) in [7, 11) is -0.779. The van der Waals surface area contributed by atoms with Crippen LogP contribution in [0.3, 0.4) is 0 Å². The van der Waals surface area contributed by atoms with E-state index in [4.69, 9.17) is 0 Å². The van der Waals surface area contributed by atoms with Gasteiger partial charge in [0.15, 0.2) is 0 Å². The third kappa shape index (κ3) is 4.75. The van der Waals surface area contributed by atoms with Gasteiger partial charge >= 0.3 is 0 Å². The number of nitrogens with one attached hydrogen (secondary N) is 2. The molecule has 1 rings (SSSR count). The van der Waals surface area contributed by atoms with E-state index in [0.717, 1.165) is 25.9 Å². The zero-order chi connectivity index (χ0) is 11.1. The van der Waals surface area contributed by atoms with Crippen molar-refractivity contribution in [1.82, 2.24) is 10.6 Å². The summed E-state index contributed by atoms with van der Waals surface area (Å²) in [6.45, 7) is 4.23. The second kappa shape index (κ2) is 6.95. The summed E-state index contributed by atoms with van der Waals surface area (Å²) < 4.78 is 11.1. The van der Waals surface area contributed by atoms with E-state index in [1.165, 1.54) is 0 Å². The molecule has 1 aliphatic heterocycles. The first-order chi connectivity index (χ1) is 7.24. The zero-order valence-corrected chi connectivity index (χ0v) is 10.1. The largest absolute Gasteiger partial charge is 0.355 e. The Balaban J connectivity index is 2.14. The van der Waals surface area contributed by atoms with Crippen molar-refractivity contribution in [2.75, 3.05) is 31.1 Å². The highest BCUT2D eigenvalue weighted by Crippen LogP contribution is 2.09. The highest BCUT2D eigenvalue weighted by Gasteiger charge is 2.20. The van der Waals surface area contributed by atoms with Crippen molar-refractivity contribution in [2.45, 2.75) is 19.8 Å². The summed E-state index contributed by atoms with van der Waals surface area (Å²) in [4.78, 5) is 11.6. The van der Waals surface area contributed by atoms with E-state index in [1.807, 2.05) is 6.92 Å². The standard InChI is InChI=1S/C10H20N2O2S/c1-2-15(14)7-6-12-10(13)9-4-3-5-11-8-9/h9,11H,2-8H2,1H3,(H,12,13)/t9-,15?/m1/s1. The van der Waals surface area contributed by atoms with Crippen molar-refractivity contribution < 1.29 is 9.00 Å². The molecule has 0 spiro atoms. The van der Waals surface area contributed by atoms with Crippen LogP contribution in [-0.2, 0) is 15.6 Å². The van der Waals surface area contributed by atoms with E-state index in [9.17, 15) is 9.00 Å². The first-order valence-corrected chi connectivity index (χ1v) is 7.06. The highest BCUT2D eigenvalue weighted by molar-refractivity contribution is 7.84. The zero-order valence-electron chi connectivity index (χ0n) is 9.25. The minimum absolute atomic E-state index is 0.105. The minimum atomic E-state index is -0.779. The lowest BCUT2D eigenvalue weighted by atomic mass is 9.99. The lowest BCUT2D eigenvalue weighted by molar-refractivity contribution is -0.125. The van der Waals surface area contributed by atoms with Crippen molar-refractivity contribution in [3.63, 3.8) is 0 Å². The predicted molar refractivity (Wildman–Crippen MR) is 62.2 cm³/mol. The van der Waals surface area contributed by atoms with E-state index in [0.29, 0.717) is 18.1 Å². The van der Waals surface area contributed by atoms with Crippen molar-refractivity contribution >= 4 is 16.7 Å². The number of hydrogen-bond donors (Lipinski definition) is 2. The average Bonchev–Trinajstić information content (AvgIpc) is 2.29. The van der Waals surface area contributed by atoms with Gasteiger partial charge in [0.1, 0.15) is 0 Å². The van der Waals surface area contributed by atoms with Gasteiger partial charge in [-0.05, 0) is 19.4 Å². The van der Waals surface area contributed by atoms with E-state index in [1.54, 1.807) is 0 Å². The van der Waals surface area contributed by atoms with Gasteiger partial charge in [-0.1, -0.05) is 6.92 Å². The fourth-order valence-electron chi connectivity index (χ4n) is 1.65. The van der Waals surface area contributed by atoms with Crippen molar-refractivity contribution in [3.05, 3.63) is 0 Å². The van der Waals surface area contributed by atoms with Crippen LogP contribution in [-0.4, -0.2) is 41.3 Å². The highest BCUT2D eigenvalue weighted by atomic mass is 32.2. The number of carbonyl (C=O) groups excluding carboxylic acids is 1. The maximum absolute atomic E-state index is 11.6. The lowest BCUT2D eigenvalue weighted by Gasteiger charge is -2.21. The molecule has 1 amide bonds. The first kappa shape index (κ1) is 12.6. The van der Waals surface area contributed by atoms with Gasteiger partial charge in [-0.2, -0.15) is 0 Å². The van der Waals surface area contributed by atoms with Gasteiger partial charge in [-0.15, -0.1) is 0 Å². The van der Waals surface area contributed by atoms with E-state index in [2.05, 4.69) is 10.6 Å². The number of piperidine rings is 1. The van der Waals surface area contributed by atoms with Gasteiger partial charge in [0.05, 0.1) is 5.92 Å². The number of carbonyl (C=O) groups is 1. The summed E-state index contributed by atoms with van der Waals surface area (Å²) in [5.74, 6) is 1.45. The van der Waals surface area contributed by atoms with E-state index < -0.39 is 10.8 Å². The van der Waals surface area contributed by atoms with Crippen molar-refractivity contribution in [1.29, 1.82) is 0 Å². The Labute approximate surface area is 93.7 Å². The molecule has 4 nitrogen and oxygen atoms in total. The lowest BCUT2D eigenvalue weighted by Crippen LogP contribution is -2.41. The molecule has 0 saturated carbocycles. The van der Waals surface area contributed by atoms with Crippen molar-refractivity contribution in [2.24, 2.45) is 5.92 Å². The van der Waals surface area contributed by atoms with Gasteiger partial charge < -0.3 is 10.6 Å². The van der Waals surface area contributed by atoms with Gasteiger partial charge in [0.2, 0.25) is 5.91 Å². The molecular weight excluding hydrogens is 212 g/mol. The predicted octanol–water partition coefficient (Wildman–Crippen LogP) is -0.129. The molecule has 1 aliphatic rings. The molecule has 0 aliphatic carbocycles. The molecule has 5 heteroatoms. The average molecular weight is 232 g/mol. The Kier molecular flexibility index (Phi) is 5.86. The summed E-state index contributed by atoms with van der Waals surface area (Å²) >= 11 is 0. The molecule has 2 atom stereocenters. The second-order valence-corrected chi connectivity index (χ2v) is 5.63.